The van der Waals surface area contributed by atoms with Crippen LogP contribution in [0.25, 0.3) is 11.3 Å². The monoisotopic (exact) mass is 371 g/mol. The number of carbonyl (C=O) groups is 2. The molecule has 1 saturated heterocycles. The molecule has 1 aromatic heterocycles. The Morgan fingerprint density at radius 1 is 1.30 bits per heavy atom. The van der Waals surface area contributed by atoms with Gasteiger partial charge in [0, 0.05) is 24.7 Å². The Morgan fingerprint density at radius 2 is 2.04 bits per heavy atom. The van der Waals surface area contributed by atoms with Crippen LogP contribution in [0.2, 0.25) is 0 Å². The number of hydrogen-bond acceptors (Lipinski definition) is 5. The fourth-order valence-corrected chi connectivity index (χ4v) is 3.40. The summed E-state index contributed by atoms with van der Waals surface area (Å²) in [6, 6.07) is 7.99. The minimum Gasteiger partial charge on any atom is -0.508 e. The van der Waals surface area contributed by atoms with E-state index in [1.807, 2.05) is 13.8 Å². The average molecular weight is 371 g/mol. The van der Waals surface area contributed by atoms with Gasteiger partial charge in [0.25, 0.3) is 5.91 Å². The molecule has 0 unspecified atom stereocenters. The fraction of sp³-hybridized carbons (Fsp3) is 0.421. The Balaban J connectivity index is 1.64. The zero-order valence-electron chi connectivity index (χ0n) is 15.5. The number of aromatic hydroxyl groups is 1. The molecule has 0 aliphatic carbocycles. The van der Waals surface area contributed by atoms with Crippen LogP contribution >= 0.6 is 0 Å². The molecule has 3 rings (SSSR count). The first kappa shape index (κ1) is 18.9. The fourth-order valence-electron chi connectivity index (χ4n) is 3.40. The lowest BCUT2D eigenvalue weighted by atomic mass is 10.1. The predicted octanol–water partition coefficient (Wildman–Crippen LogP) is 1.11. The number of phenols is 1. The summed E-state index contributed by atoms with van der Waals surface area (Å²) in [5.41, 5.74) is 1.79. The van der Waals surface area contributed by atoms with E-state index in [9.17, 15) is 14.7 Å². The molecule has 27 heavy (non-hydrogen) atoms. The number of aromatic nitrogens is 2. The summed E-state index contributed by atoms with van der Waals surface area (Å²) in [7, 11) is 0. The number of phenolic OH excluding ortho intramolecular Hbond substituents is 1. The predicted molar refractivity (Wildman–Crippen MR) is 101 cm³/mol. The number of likely N-dealkylation sites (N-methyl/N-ethyl adjacent to an activating group) is 2. The van der Waals surface area contributed by atoms with Gasteiger partial charge in [0.2, 0.25) is 5.91 Å². The van der Waals surface area contributed by atoms with Gasteiger partial charge in [0.1, 0.15) is 11.4 Å². The van der Waals surface area contributed by atoms with E-state index in [-0.39, 0.29) is 29.6 Å². The first-order valence-electron chi connectivity index (χ1n) is 9.19. The molecule has 1 aliphatic rings. The van der Waals surface area contributed by atoms with Crippen LogP contribution in [0.1, 0.15) is 30.8 Å². The molecule has 0 saturated carbocycles. The van der Waals surface area contributed by atoms with Gasteiger partial charge in [-0.15, -0.1) is 0 Å². The summed E-state index contributed by atoms with van der Waals surface area (Å²) in [6.45, 7) is 5.89. The lowest BCUT2D eigenvalue weighted by Crippen LogP contribution is -2.42. The van der Waals surface area contributed by atoms with Crippen molar-refractivity contribution in [2.45, 2.75) is 32.4 Å². The third-order valence-corrected chi connectivity index (χ3v) is 4.78. The molecular weight excluding hydrogens is 346 g/mol. The average Bonchev–Trinajstić information content (AvgIpc) is 3.29. The Hall–Kier alpha value is -2.87. The Bertz CT molecular complexity index is 802. The number of aromatic amines is 1. The van der Waals surface area contributed by atoms with Crippen molar-refractivity contribution < 1.29 is 14.7 Å². The second-order valence-corrected chi connectivity index (χ2v) is 6.62. The van der Waals surface area contributed by atoms with Gasteiger partial charge in [-0.1, -0.05) is 6.92 Å². The summed E-state index contributed by atoms with van der Waals surface area (Å²) in [5.74, 6) is -0.0620. The summed E-state index contributed by atoms with van der Waals surface area (Å²) in [4.78, 5) is 26.8. The van der Waals surface area contributed by atoms with E-state index in [2.05, 4.69) is 25.7 Å². The highest BCUT2D eigenvalue weighted by Crippen LogP contribution is 2.21. The van der Waals surface area contributed by atoms with E-state index < -0.39 is 0 Å². The standard InChI is InChI=1S/C19H25N5O3/c1-3-20-19(27)17-9-13(11-24(17)4-2)21-18(26)16-10-15(22-23-16)12-5-7-14(25)8-6-12/h5-8,10,13,17,25H,3-4,9,11H2,1-2H3,(H,20,27)(H,21,26)(H,22,23)/t13-,17-/m0/s1. The number of rotatable bonds is 6. The third kappa shape index (κ3) is 4.28. The highest BCUT2D eigenvalue weighted by Gasteiger charge is 2.36. The first-order valence-corrected chi connectivity index (χ1v) is 9.19. The molecule has 144 valence electrons. The van der Waals surface area contributed by atoms with Crippen molar-refractivity contribution >= 4 is 11.8 Å². The molecule has 1 aliphatic heterocycles. The molecular formula is C19H25N5O3. The van der Waals surface area contributed by atoms with E-state index in [0.717, 1.165) is 12.1 Å². The highest BCUT2D eigenvalue weighted by molar-refractivity contribution is 5.93. The van der Waals surface area contributed by atoms with E-state index in [1.165, 1.54) is 0 Å². The molecule has 0 bridgehead atoms. The molecule has 4 N–H and O–H groups in total. The van der Waals surface area contributed by atoms with Crippen LogP contribution in [-0.2, 0) is 4.79 Å². The van der Waals surface area contributed by atoms with Gasteiger partial charge in [-0.2, -0.15) is 5.10 Å². The van der Waals surface area contributed by atoms with Crippen molar-refractivity contribution in [2.75, 3.05) is 19.6 Å². The van der Waals surface area contributed by atoms with Gasteiger partial charge < -0.3 is 15.7 Å². The number of H-pyrrole nitrogens is 1. The smallest absolute Gasteiger partial charge is 0.269 e. The molecule has 2 amide bonds. The second kappa shape index (κ2) is 8.22. The normalized spacial score (nSPS) is 19.8. The zero-order chi connectivity index (χ0) is 19.4. The Kier molecular flexibility index (Phi) is 5.75. The van der Waals surface area contributed by atoms with E-state index >= 15 is 0 Å². The number of nitrogens with zero attached hydrogens (tertiary/aromatic N) is 2. The van der Waals surface area contributed by atoms with Crippen molar-refractivity contribution in [1.29, 1.82) is 0 Å². The van der Waals surface area contributed by atoms with Crippen molar-refractivity contribution in [3.8, 4) is 17.0 Å². The summed E-state index contributed by atoms with van der Waals surface area (Å²) >= 11 is 0. The number of likely N-dealkylation sites (tertiary alicyclic amines) is 1. The summed E-state index contributed by atoms with van der Waals surface area (Å²) < 4.78 is 0. The minimum absolute atomic E-state index is 0.00672. The van der Waals surface area contributed by atoms with Crippen LogP contribution < -0.4 is 10.6 Å². The van der Waals surface area contributed by atoms with Crippen molar-refractivity contribution in [3.05, 3.63) is 36.0 Å². The molecule has 2 aromatic rings. The van der Waals surface area contributed by atoms with Gasteiger partial charge >= 0.3 is 0 Å². The Morgan fingerprint density at radius 3 is 2.70 bits per heavy atom. The quantitative estimate of drug-likeness (QED) is 0.608. The van der Waals surface area contributed by atoms with Crippen LogP contribution in [0.4, 0.5) is 0 Å². The summed E-state index contributed by atoms with van der Waals surface area (Å²) in [6.07, 6.45) is 0.588. The maximum Gasteiger partial charge on any atom is 0.269 e. The van der Waals surface area contributed by atoms with Gasteiger partial charge in [-0.05, 0) is 50.2 Å². The lowest BCUT2D eigenvalue weighted by molar-refractivity contribution is -0.125. The van der Waals surface area contributed by atoms with Gasteiger partial charge in [-0.25, -0.2) is 0 Å². The lowest BCUT2D eigenvalue weighted by Gasteiger charge is -2.20. The zero-order valence-corrected chi connectivity index (χ0v) is 15.5. The van der Waals surface area contributed by atoms with Gasteiger partial charge in [-0.3, -0.25) is 19.6 Å². The Labute approximate surface area is 158 Å². The molecule has 8 nitrogen and oxygen atoms in total. The molecule has 2 atom stereocenters. The van der Waals surface area contributed by atoms with E-state index in [0.29, 0.717) is 30.9 Å². The molecule has 8 heteroatoms. The highest BCUT2D eigenvalue weighted by atomic mass is 16.3. The van der Waals surface area contributed by atoms with Crippen LogP contribution in [0.15, 0.2) is 30.3 Å². The molecule has 1 aromatic carbocycles. The van der Waals surface area contributed by atoms with Crippen molar-refractivity contribution in [2.24, 2.45) is 0 Å². The van der Waals surface area contributed by atoms with Gasteiger partial charge in [0.15, 0.2) is 0 Å². The molecule has 0 spiro atoms. The van der Waals surface area contributed by atoms with Crippen LogP contribution in [0.5, 0.6) is 5.75 Å². The summed E-state index contributed by atoms with van der Waals surface area (Å²) in [5, 5.41) is 22.1. The largest absolute Gasteiger partial charge is 0.508 e. The number of benzene rings is 1. The van der Waals surface area contributed by atoms with Crippen molar-refractivity contribution in [3.63, 3.8) is 0 Å². The first-order chi connectivity index (χ1) is 13.0. The minimum atomic E-state index is -0.245. The second-order valence-electron chi connectivity index (χ2n) is 6.62. The molecule has 2 heterocycles. The topological polar surface area (TPSA) is 110 Å². The molecule has 0 radical (unpaired) electrons. The number of nitrogens with one attached hydrogen (secondary N) is 3. The van der Waals surface area contributed by atoms with Gasteiger partial charge in [0.05, 0.1) is 11.7 Å². The number of carbonyl (C=O) groups excluding carboxylic acids is 2. The van der Waals surface area contributed by atoms with Crippen molar-refractivity contribution in [1.82, 2.24) is 25.7 Å². The maximum absolute atomic E-state index is 12.6. The SMILES string of the molecule is CCNC(=O)[C@@H]1C[C@H](NC(=O)c2cc(-c3ccc(O)cc3)n[nH]2)CN1CC. The number of amides is 2. The van der Waals surface area contributed by atoms with Crippen LogP contribution in [0.3, 0.4) is 0 Å². The van der Waals surface area contributed by atoms with E-state index in [4.69, 9.17) is 0 Å². The number of hydrogen-bond donors (Lipinski definition) is 4. The van der Waals surface area contributed by atoms with E-state index in [1.54, 1.807) is 30.3 Å². The molecule has 1 fully saturated rings. The van der Waals surface area contributed by atoms with Crippen LogP contribution in [0, 0.1) is 0 Å². The third-order valence-electron chi connectivity index (χ3n) is 4.78. The maximum atomic E-state index is 12.6. The van der Waals surface area contributed by atoms with Crippen LogP contribution in [-0.4, -0.2) is 63.7 Å².